The van der Waals surface area contributed by atoms with Crippen LogP contribution >= 0.6 is 0 Å². The normalized spacial score (nSPS) is 11.5. The predicted molar refractivity (Wildman–Crippen MR) is 109 cm³/mol. The number of rotatable bonds is 8. The van der Waals surface area contributed by atoms with Gasteiger partial charge in [-0.1, -0.05) is 30.3 Å². The van der Waals surface area contributed by atoms with Crippen molar-refractivity contribution >= 4 is 12.0 Å². The number of alkyl halides is 3. The van der Waals surface area contributed by atoms with Gasteiger partial charge < -0.3 is 9.47 Å². The first-order chi connectivity index (χ1) is 14.5. The van der Waals surface area contributed by atoms with Crippen molar-refractivity contribution in [2.24, 2.45) is 5.10 Å². The van der Waals surface area contributed by atoms with Gasteiger partial charge in [0, 0.05) is 6.20 Å². The highest BCUT2D eigenvalue weighted by Crippen LogP contribution is 2.30. The largest absolute Gasteiger partial charge is 0.490 e. The fraction of sp³-hybridized carbons (Fsp3) is 0.182. The maximum Gasteiger partial charge on any atom is 0.417 e. The molecule has 1 aromatic heterocycles. The van der Waals surface area contributed by atoms with Crippen LogP contribution in [-0.4, -0.2) is 17.8 Å². The second-order valence-electron chi connectivity index (χ2n) is 6.21. The Hall–Kier alpha value is -3.55. The minimum atomic E-state index is -4.42. The van der Waals surface area contributed by atoms with Gasteiger partial charge in [-0.25, -0.2) is 4.98 Å². The van der Waals surface area contributed by atoms with E-state index in [1.165, 1.54) is 12.3 Å². The number of hydrogen-bond donors (Lipinski definition) is 1. The van der Waals surface area contributed by atoms with Crippen LogP contribution in [0, 0.1) is 0 Å². The van der Waals surface area contributed by atoms with E-state index in [1.54, 1.807) is 18.2 Å². The Morgan fingerprint density at radius 3 is 2.47 bits per heavy atom. The average Bonchev–Trinajstić information content (AvgIpc) is 2.74. The van der Waals surface area contributed by atoms with Crippen LogP contribution in [0.25, 0.3) is 0 Å². The highest BCUT2D eigenvalue weighted by atomic mass is 19.4. The van der Waals surface area contributed by atoms with Crippen molar-refractivity contribution in [2.45, 2.75) is 19.7 Å². The van der Waals surface area contributed by atoms with Crippen LogP contribution < -0.4 is 14.9 Å². The van der Waals surface area contributed by atoms with E-state index in [-0.39, 0.29) is 5.82 Å². The highest BCUT2D eigenvalue weighted by molar-refractivity contribution is 5.81. The van der Waals surface area contributed by atoms with Gasteiger partial charge in [0.2, 0.25) is 0 Å². The first-order valence-corrected chi connectivity index (χ1v) is 9.21. The molecule has 156 valence electrons. The summed E-state index contributed by atoms with van der Waals surface area (Å²) in [6, 6.07) is 17.3. The van der Waals surface area contributed by atoms with Crippen LogP contribution in [0.1, 0.15) is 23.6 Å². The van der Waals surface area contributed by atoms with Crippen LogP contribution in [0.2, 0.25) is 0 Å². The summed E-state index contributed by atoms with van der Waals surface area (Å²) in [5.41, 5.74) is 3.56. The summed E-state index contributed by atoms with van der Waals surface area (Å²) in [6.07, 6.45) is -2.15. The molecule has 0 amide bonds. The van der Waals surface area contributed by atoms with E-state index in [9.17, 15) is 13.2 Å². The summed E-state index contributed by atoms with van der Waals surface area (Å²) >= 11 is 0. The summed E-state index contributed by atoms with van der Waals surface area (Å²) in [4.78, 5) is 3.70. The van der Waals surface area contributed by atoms with Gasteiger partial charge in [0.05, 0.1) is 18.4 Å². The van der Waals surface area contributed by atoms with Crippen molar-refractivity contribution in [3.63, 3.8) is 0 Å². The van der Waals surface area contributed by atoms with Gasteiger partial charge in [-0.2, -0.15) is 18.3 Å². The van der Waals surface area contributed by atoms with Crippen molar-refractivity contribution in [1.29, 1.82) is 0 Å². The highest BCUT2D eigenvalue weighted by Gasteiger charge is 2.30. The summed E-state index contributed by atoms with van der Waals surface area (Å²) in [6.45, 7) is 2.76. The third kappa shape index (κ3) is 5.97. The lowest BCUT2D eigenvalue weighted by molar-refractivity contribution is -0.137. The zero-order chi connectivity index (χ0) is 21.4. The fourth-order valence-electron chi connectivity index (χ4n) is 2.53. The van der Waals surface area contributed by atoms with Gasteiger partial charge in [-0.3, -0.25) is 5.43 Å². The maximum absolute atomic E-state index is 12.6. The number of aromatic nitrogens is 1. The number of pyridine rings is 1. The zero-order valence-electron chi connectivity index (χ0n) is 16.2. The van der Waals surface area contributed by atoms with Crippen LogP contribution in [0.15, 0.2) is 72.0 Å². The van der Waals surface area contributed by atoms with Crippen molar-refractivity contribution in [2.75, 3.05) is 12.0 Å². The number of hydrazone groups is 1. The number of anilines is 1. The summed E-state index contributed by atoms with van der Waals surface area (Å²) < 4.78 is 49.2. The Morgan fingerprint density at radius 2 is 1.80 bits per heavy atom. The molecule has 8 heteroatoms. The fourth-order valence-corrected chi connectivity index (χ4v) is 2.53. The lowest BCUT2D eigenvalue weighted by atomic mass is 10.2. The van der Waals surface area contributed by atoms with Crippen LogP contribution in [-0.2, 0) is 12.8 Å². The second-order valence-corrected chi connectivity index (χ2v) is 6.21. The summed E-state index contributed by atoms with van der Waals surface area (Å²) in [5, 5.41) is 4.01. The summed E-state index contributed by atoms with van der Waals surface area (Å²) in [7, 11) is 0. The second kappa shape index (κ2) is 9.78. The Labute approximate surface area is 172 Å². The topological polar surface area (TPSA) is 55.7 Å². The predicted octanol–water partition coefficient (Wildman–Crippen LogP) is 5.52. The SMILES string of the molecule is CCOc1cc(/C=N\Nc2ccc(C(F)(F)F)cn2)ccc1OCc1ccccc1. The molecule has 0 fully saturated rings. The molecule has 0 aliphatic rings. The quantitative estimate of drug-likeness (QED) is 0.389. The molecule has 3 rings (SSSR count). The maximum atomic E-state index is 12.6. The standard InChI is InChI=1S/C22H20F3N3O2/c1-2-29-20-12-17(8-10-19(20)30-15-16-6-4-3-5-7-16)13-27-28-21-11-9-18(14-26-21)22(23,24)25/h3-14H,2,15H2,1H3,(H,26,28)/b27-13-. The lowest BCUT2D eigenvalue weighted by Gasteiger charge is -2.12. The molecule has 0 unspecified atom stereocenters. The molecular formula is C22H20F3N3O2. The molecule has 2 aromatic carbocycles. The molecule has 1 heterocycles. The Bertz CT molecular complexity index is 975. The number of benzene rings is 2. The van der Waals surface area contributed by atoms with E-state index in [1.807, 2.05) is 37.3 Å². The van der Waals surface area contributed by atoms with Crippen molar-refractivity contribution in [3.8, 4) is 11.5 Å². The molecule has 0 saturated carbocycles. The average molecular weight is 415 g/mol. The molecule has 0 spiro atoms. The third-order valence-corrected chi connectivity index (χ3v) is 3.99. The monoisotopic (exact) mass is 415 g/mol. The molecule has 1 N–H and O–H groups in total. The molecule has 0 bridgehead atoms. The molecule has 0 aliphatic carbocycles. The van der Waals surface area contributed by atoms with Gasteiger partial charge >= 0.3 is 6.18 Å². The van der Waals surface area contributed by atoms with Crippen molar-refractivity contribution < 1.29 is 22.6 Å². The van der Waals surface area contributed by atoms with E-state index in [2.05, 4.69) is 15.5 Å². The molecule has 0 radical (unpaired) electrons. The number of halogens is 3. The molecule has 0 atom stereocenters. The van der Waals surface area contributed by atoms with Crippen LogP contribution in [0.5, 0.6) is 11.5 Å². The van der Waals surface area contributed by atoms with E-state index < -0.39 is 11.7 Å². The van der Waals surface area contributed by atoms with E-state index in [4.69, 9.17) is 9.47 Å². The van der Waals surface area contributed by atoms with Gasteiger partial charge in [0.25, 0.3) is 0 Å². The molecule has 3 aromatic rings. The minimum absolute atomic E-state index is 0.201. The number of nitrogens with zero attached hydrogens (tertiary/aromatic N) is 2. The molecule has 5 nitrogen and oxygen atoms in total. The molecule has 30 heavy (non-hydrogen) atoms. The minimum Gasteiger partial charge on any atom is -0.490 e. The third-order valence-electron chi connectivity index (χ3n) is 3.99. The Balaban J connectivity index is 1.64. The van der Waals surface area contributed by atoms with E-state index >= 15 is 0 Å². The van der Waals surface area contributed by atoms with Crippen LogP contribution in [0.3, 0.4) is 0 Å². The van der Waals surface area contributed by atoms with Gasteiger partial charge in [-0.05, 0) is 48.4 Å². The van der Waals surface area contributed by atoms with E-state index in [0.29, 0.717) is 24.7 Å². The smallest absolute Gasteiger partial charge is 0.417 e. The Morgan fingerprint density at radius 1 is 1.00 bits per heavy atom. The first kappa shape index (κ1) is 21.2. The number of ether oxygens (including phenoxy) is 2. The van der Waals surface area contributed by atoms with E-state index in [0.717, 1.165) is 23.4 Å². The van der Waals surface area contributed by atoms with Gasteiger partial charge in [0.1, 0.15) is 12.4 Å². The Kier molecular flexibility index (Phi) is 6.90. The number of nitrogens with one attached hydrogen (secondary N) is 1. The van der Waals surface area contributed by atoms with Crippen molar-refractivity contribution in [1.82, 2.24) is 4.98 Å². The molecular weight excluding hydrogens is 395 g/mol. The molecule has 0 aliphatic heterocycles. The van der Waals surface area contributed by atoms with Crippen molar-refractivity contribution in [3.05, 3.63) is 83.6 Å². The zero-order valence-corrected chi connectivity index (χ0v) is 16.2. The van der Waals surface area contributed by atoms with Gasteiger partial charge in [-0.15, -0.1) is 0 Å². The molecule has 0 saturated heterocycles. The van der Waals surface area contributed by atoms with Gasteiger partial charge in [0.15, 0.2) is 11.5 Å². The van der Waals surface area contributed by atoms with Crippen LogP contribution in [0.4, 0.5) is 19.0 Å². The number of hydrogen-bond acceptors (Lipinski definition) is 5. The first-order valence-electron chi connectivity index (χ1n) is 9.21. The summed E-state index contributed by atoms with van der Waals surface area (Å²) in [5.74, 6) is 1.38. The lowest BCUT2D eigenvalue weighted by Crippen LogP contribution is -2.05.